The van der Waals surface area contributed by atoms with Crippen molar-refractivity contribution in [2.45, 2.75) is 12.1 Å². The highest BCUT2D eigenvalue weighted by Gasteiger charge is 2.34. The van der Waals surface area contributed by atoms with Gasteiger partial charge < -0.3 is 9.47 Å². The van der Waals surface area contributed by atoms with Crippen LogP contribution in [0.1, 0.15) is 0 Å². The predicted molar refractivity (Wildman–Crippen MR) is 41.3 cm³/mol. The van der Waals surface area contributed by atoms with Crippen molar-refractivity contribution in [2.75, 3.05) is 25.6 Å². The number of fused-ring (bicyclic) bond motifs is 1. The molecular formula is C6H11NO4S. The van der Waals surface area contributed by atoms with E-state index in [0.29, 0.717) is 13.2 Å². The first-order chi connectivity index (χ1) is 5.67. The summed E-state index contributed by atoms with van der Waals surface area (Å²) in [6, 6.07) is -0.183. The molecule has 2 heterocycles. The van der Waals surface area contributed by atoms with Crippen LogP contribution in [-0.2, 0) is 19.5 Å². The zero-order valence-electron chi connectivity index (χ0n) is 6.52. The van der Waals surface area contributed by atoms with Crippen LogP contribution in [0.2, 0.25) is 0 Å². The van der Waals surface area contributed by atoms with Gasteiger partial charge in [-0.05, 0) is 0 Å². The normalized spacial score (nSPS) is 40.3. The van der Waals surface area contributed by atoms with Crippen molar-refractivity contribution in [3.8, 4) is 0 Å². The summed E-state index contributed by atoms with van der Waals surface area (Å²) in [7, 11) is -3.13. The molecule has 70 valence electrons. The van der Waals surface area contributed by atoms with Gasteiger partial charge in [0.1, 0.15) is 0 Å². The monoisotopic (exact) mass is 193 g/mol. The number of ether oxygens (including phenoxy) is 2. The average Bonchev–Trinajstić information content (AvgIpc) is 2.31. The van der Waals surface area contributed by atoms with Crippen molar-refractivity contribution >= 4 is 10.0 Å². The van der Waals surface area contributed by atoms with Gasteiger partial charge in [0, 0.05) is 0 Å². The molecule has 0 aromatic carbocycles. The summed E-state index contributed by atoms with van der Waals surface area (Å²) in [4.78, 5) is 0. The second-order valence-electron chi connectivity index (χ2n) is 2.99. The van der Waals surface area contributed by atoms with Crippen LogP contribution in [0.3, 0.4) is 0 Å². The van der Waals surface area contributed by atoms with Gasteiger partial charge in [0.15, 0.2) is 0 Å². The Morgan fingerprint density at radius 1 is 1.33 bits per heavy atom. The van der Waals surface area contributed by atoms with Crippen LogP contribution in [0, 0.1) is 0 Å². The summed E-state index contributed by atoms with van der Waals surface area (Å²) < 4.78 is 35.3. The molecule has 2 unspecified atom stereocenters. The molecule has 2 rings (SSSR count). The SMILES string of the molecule is O=S1(=O)CCOC2COCC2N1. The molecule has 2 atom stereocenters. The van der Waals surface area contributed by atoms with Crippen molar-refractivity contribution < 1.29 is 17.9 Å². The van der Waals surface area contributed by atoms with Gasteiger partial charge >= 0.3 is 0 Å². The molecule has 1 N–H and O–H groups in total. The Morgan fingerprint density at radius 3 is 3.00 bits per heavy atom. The number of hydrogen-bond donors (Lipinski definition) is 1. The van der Waals surface area contributed by atoms with Crippen molar-refractivity contribution in [3.05, 3.63) is 0 Å². The van der Waals surface area contributed by atoms with Crippen molar-refractivity contribution in [3.63, 3.8) is 0 Å². The molecule has 2 aliphatic rings. The maximum atomic E-state index is 11.2. The van der Waals surface area contributed by atoms with Gasteiger partial charge in [0.05, 0.1) is 37.7 Å². The Bertz CT molecular complexity index is 263. The Labute approximate surface area is 71.1 Å². The molecule has 2 saturated heterocycles. The van der Waals surface area contributed by atoms with Crippen LogP contribution in [0.4, 0.5) is 0 Å². The summed E-state index contributed by atoms with van der Waals surface area (Å²) in [5, 5.41) is 0. The second kappa shape index (κ2) is 2.95. The summed E-state index contributed by atoms with van der Waals surface area (Å²) >= 11 is 0. The first kappa shape index (κ1) is 8.43. The van der Waals surface area contributed by atoms with Crippen LogP contribution in [0.15, 0.2) is 0 Å². The van der Waals surface area contributed by atoms with Gasteiger partial charge in [-0.2, -0.15) is 0 Å². The zero-order valence-corrected chi connectivity index (χ0v) is 7.34. The Morgan fingerprint density at radius 2 is 2.17 bits per heavy atom. The van der Waals surface area contributed by atoms with E-state index in [-0.39, 0.29) is 24.5 Å². The number of nitrogens with one attached hydrogen (secondary N) is 1. The number of hydrogen-bond acceptors (Lipinski definition) is 4. The van der Waals surface area contributed by atoms with Gasteiger partial charge in [0.25, 0.3) is 0 Å². The first-order valence-corrected chi connectivity index (χ1v) is 5.52. The van der Waals surface area contributed by atoms with E-state index >= 15 is 0 Å². The van der Waals surface area contributed by atoms with E-state index in [1.165, 1.54) is 0 Å². The zero-order chi connectivity index (χ0) is 8.60. The summed E-state index contributed by atoms with van der Waals surface area (Å²) in [6.45, 7) is 1.18. The predicted octanol–water partition coefficient (Wildman–Crippen LogP) is -1.30. The van der Waals surface area contributed by atoms with Crippen LogP contribution in [0.25, 0.3) is 0 Å². The van der Waals surface area contributed by atoms with Gasteiger partial charge in [-0.1, -0.05) is 0 Å². The standard InChI is InChI=1S/C6H11NO4S/c8-12(9)2-1-11-6-4-10-3-5(6)7-12/h5-7H,1-4H2. The smallest absolute Gasteiger partial charge is 0.214 e. The highest BCUT2D eigenvalue weighted by atomic mass is 32.2. The van der Waals surface area contributed by atoms with E-state index in [4.69, 9.17) is 9.47 Å². The molecule has 0 amide bonds. The molecule has 2 fully saturated rings. The van der Waals surface area contributed by atoms with E-state index in [0.717, 1.165) is 0 Å². The van der Waals surface area contributed by atoms with E-state index in [1.54, 1.807) is 0 Å². The average molecular weight is 193 g/mol. The number of sulfonamides is 1. The molecule has 0 spiro atoms. The minimum Gasteiger partial charge on any atom is -0.377 e. The highest BCUT2D eigenvalue weighted by molar-refractivity contribution is 7.89. The summed E-state index contributed by atoms with van der Waals surface area (Å²) in [5.41, 5.74) is 0. The fraction of sp³-hybridized carbons (Fsp3) is 1.00. The fourth-order valence-corrected chi connectivity index (χ4v) is 2.52. The van der Waals surface area contributed by atoms with E-state index in [2.05, 4.69) is 4.72 Å². The van der Waals surface area contributed by atoms with Crippen LogP contribution < -0.4 is 4.72 Å². The largest absolute Gasteiger partial charge is 0.377 e. The molecule has 0 aromatic heterocycles. The lowest BCUT2D eigenvalue weighted by atomic mass is 10.2. The molecule has 6 heteroatoms. The maximum Gasteiger partial charge on any atom is 0.214 e. The highest BCUT2D eigenvalue weighted by Crippen LogP contribution is 2.13. The fourth-order valence-electron chi connectivity index (χ4n) is 1.41. The molecule has 2 aliphatic heterocycles. The third kappa shape index (κ3) is 1.61. The lowest BCUT2D eigenvalue weighted by Gasteiger charge is -2.12. The minimum absolute atomic E-state index is 0.0556. The minimum atomic E-state index is -3.13. The number of rotatable bonds is 0. The molecular weight excluding hydrogens is 182 g/mol. The summed E-state index contributed by atoms with van der Waals surface area (Å²) in [5.74, 6) is 0.0556. The molecule has 0 saturated carbocycles. The van der Waals surface area contributed by atoms with Crippen LogP contribution >= 0.6 is 0 Å². The Hall–Kier alpha value is -0.170. The van der Waals surface area contributed by atoms with Gasteiger partial charge in [0.2, 0.25) is 10.0 Å². The van der Waals surface area contributed by atoms with Gasteiger partial charge in [-0.15, -0.1) is 0 Å². The van der Waals surface area contributed by atoms with E-state index in [9.17, 15) is 8.42 Å². The molecule has 0 aliphatic carbocycles. The van der Waals surface area contributed by atoms with Gasteiger partial charge in [-0.3, -0.25) is 0 Å². The molecule has 12 heavy (non-hydrogen) atoms. The van der Waals surface area contributed by atoms with Crippen molar-refractivity contribution in [1.82, 2.24) is 4.72 Å². The second-order valence-corrected chi connectivity index (χ2v) is 4.86. The van der Waals surface area contributed by atoms with Crippen LogP contribution in [-0.4, -0.2) is 46.1 Å². The lowest BCUT2D eigenvalue weighted by Crippen LogP contribution is -2.41. The van der Waals surface area contributed by atoms with Crippen molar-refractivity contribution in [2.24, 2.45) is 0 Å². The first-order valence-electron chi connectivity index (χ1n) is 3.87. The third-order valence-corrected chi connectivity index (χ3v) is 3.41. The molecule has 0 bridgehead atoms. The topological polar surface area (TPSA) is 64.6 Å². The lowest BCUT2D eigenvalue weighted by molar-refractivity contribution is 0.0485. The van der Waals surface area contributed by atoms with Gasteiger partial charge in [-0.25, -0.2) is 13.1 Å². The molecule has 5 nitrogen and oxygen atoms in total. The molecule has 0 radical (unpaired) electrons. The third-order valence-electron chi connectivity index (χ3n) is 2.04. The Balaban J connectivity index is 2.15. The van der Waals surface area contributed by atoms with Crippen molar-refractivity contribution in [1.29, 1.82) is 0 Å². The maximum absolute atomic E-state index is 11.2. The van der Waals surface area contributed by atoms with E-state index < -0.39 is 10.0 Å². The van der Waals surface area contributed by atoms with E-state index in [1.807, 2.05) is 0 Å². The quantitative estimate of drug-likeness (QED) is 0.519. The van der Waals surface area contributed by atoms with Crippen LogP contribution in [0.5, 0.6) is 0 Å². The molecule has 0 aromatic rings. The summed E-state index contributed by atoms with van der Waals surface area (Å²) in [6.07, 6.45) is -0.0951. The Kier molecular flexibility index (Phi) is 2.07.